The minimum Gasteiger partial charge on any atom is -0.489 e. The van der Waals surface area contributed by atoms with Gasteiger partial charge in [0.2, 0.25) is 0 Å². The molecule has 0 aliphatic carbocycles. The van der Waals surface area contributed by atoms with Gasteiger partial charge in [-0.3, -0.25) is 0 Å². The van der Waals surface area contributed by atoms with Crippen LogP contribution >= 0.6 is 11.6 Å². The Kier molecular flexibility index (Phi) is 5.01. The Morgan fingerprint density at radius 1 is 1.24 bits per heavy atom. The highest BCUT2D eigenvalue weighted by Crippen LogP contribution is 2.20. The van der Waals surface area contributed by atoms with Crippen LogP contribution in [0.2, 0.25) is 5.02 Å². The summed E-state index contributed by atoms with van der Waals surface area (Å²) in [6.07, 6.45) is 2.63. The molecule has 0 atom stereocenters. The fraction of sp³-hybridized carbons (Fsp3) is 0.118. The molecule has 0 saturated carbocycles. The molecule has 0 aliphatic heterocycles. The maximum atomic E-state index is 10.4. The topological polar surface area (TPSA) is 46.5 Å². The van der Waals surface area contributed by atoms with E-state index in [1.54, 1.807) is 24.3 Å². The molecule has 0 fully saturated rings. The molecule has 0 aliphatic rings. The third kappa shape index (κ3) is 4.65. The van der Waals surface area contributed by atoms with Crippen molar-refractivity contribution in [3.63, 3.8) is 0 Å². The molecule has 0 unspecified atom stereocenters. The fourth-order valence-corrected chi connectivity index (χ4v) is 2.06. The number of carbonyl (C=O) groups is 1. The van der Waals surface area contributed by atoms with Crippen molar-refractivity contribution in [1.29, 1.82) is 0 Å². The molecular formula is C17H15ClO3. The second-order valence-electron chi connectivity index (χ2n) is 4.62. The summed E-state index contributed by atoms with van der Waals surface area (Å²) < 4.78 is 5.67. The van der Waals surface area contributed by atoms with Gasteiger partial charge < -0.3 is 9.84 Å². The summed E-state index contributed by atoms with van der Waals surface area (Å²) in [7, 11) is 0. The number of benzene rings is 2. The number of carboxylic acids is 1. The number of carboxylic acid groups (broad SMARTS) is 1. The smallest absolute Gasteiger partial charge is 0.328 e. The van der Waals surface area contributed by atoms with Crippen molar-refractivity contribution in [1.82, 2.24) is 0 Å². The molecular weight excluding hydrogens is 288 g/mol. The van der Waals surface area contributed by atoms with Crippen LogP contribution in [0, 0.1) is 6.92 Å². The molecule has 108 valence electrons. The highest BCUT2D eigenvalue weighted by molar-refractivity contribution is 6.31. The van der Waals surface area contributed by atoms with Crippen LogP contribution in [0.5, 0.6) is 5.75 Å². The molecule has 0 aromatic heterocycles. The first-order valence-electron chi connectivity index (χ1n) is 6.43. The van der Waals surface area contributed by atoms with E-state index in [1.807, 2.05) is 25.1 Å². The number of ether oxygens (including phenoxy) is 1. The van der Waals surface area contributed by atoms with Crippen LogP contribution in [0.15, 0.2) is 48.5 Å². The summed E-state index contributed by atoms with van der Waals surface area (Å²) in [6.45, 7) is 2.38. The van der Waals surface area contributed by atoms with E-state index in [9.17, 15) is 4.79 Å². The van der Waals surface area contributed by atoms with Gasteiger partial charge in [-0.25, -0.2) is 4.79 Å². The maximum absolute atomic E-state index is 10.4. The molecule has 21 heavy (non-hydrogen) atoms. The number of halogens is 1. The second-order valence-corrected chi connectivity index (χ2v) is 5.03. The Morgan fingerprint density at radius 2 is 1.95 bits per heavy atom. The number of rotatable bonds is 5. The molecule has 3 nitrogen and oxygen atoms in total. The normalized spacial score (nSPS) is 10.8. The van der Waals surface area contributed by atoms with Gasteiger partial charge in [-0.2, -0.15) is 0 Å². The zero-order valence-electron chi connectivity index (χ0n) is 11.5. The molecule has 0 radical (unpaired) electrons. The van der Waals surface area contributed by atoms with E-state index in [0.29, 0.717) is 17.4 Å². The van der Waals surface area contributed by atoms with E-state index in [-0.39, 0.29) is 0 Å². The largest absolute Gasteiger partial charge is 0.489 e. The summed E-state index contributed by atoms with van der Waals surface area (Å²) in [5, 5.41) is 9.25. The quantitative estimate of drug-likeness (QED) is 0.836. The predicted octanol–water partition coefficient (Wildman–Crippen LogP) is 4.33. The summed E-state index contributed by atoms with van der Waals surface area (Å²) >= 11 is 6.15. The van der Waals surface area contributed by atoms with Gasteiger partial charge in [-0.05, 0) is 42.3 Å². The molecule has 0 bridgehead atoms. The third-order valence-electron chi connectivity index (χ3n) is 2.90. The van der Waals surface area contributed by atoms with Gasteiger partial charge in [0.15, 0.2) is 0 Å². The van der Waals surface area contributed by atoms with Crippen LogP contribution in [-0.2, 0) is 11.4 Å². The van der Waals surface area contributed by atoms with Crippen molar-refractivity contribution in [3.8, 4) is 5.75 Å². The van der Waals surface area contributed by atoms with Gasteiger partial charge in [0, 0.05) is 16.7 Å². The maximum Gasteiger partial charge on any atom is 0.328 e. The second kappa shape index (κ2) is 6.95. The van der Waals surface area contributed by atoms with Crippen LogP contribution in [0.3, 0.4) is 0 Å². The first-order chi connectivity index (χ1) is 10.0. The van der Waals surface area contributed by atoms with E-state index in [1.165, 1.54) is 6.08 Å². The Bertz CT molecular complexity index is 660. The van der Waals surface area contributed by atoms with Gasteiger partial charge in [0.05, 0.1) is 0 Å². The molecule has 0 saturated heterocycles. The fourth-order valence-electron chi connectivity index (χ4n) is 1.77. The number of aryl methyl sites for hydroxylation is 1. The highest BCUT2D eigenvalue weighted by atomic mass is 35.5. The van der Waals surface area contributed by atoms with Gasteiger partial charge in [0.25, 0.3) is 0 Å². The SMILES string of the molecule is Cc1ccc(COc2ccc(/C=C/C(=O)O)cc2)c(Cl)c1. The summed E-state index contributed by atoms with van der Waals surface area (Å²) in [6, 6.07) is 13.0. The van der Waals surface area contributed by atoms with E-state index in [4.69, 9.17) is 21.4 Å². The lowest BCUT2D eigenvalue weighted by molar-refractivity contribution is -0.131. The molecule has 2 rings (SSSR count). The summed E-state index contributed by atoms with van der Waals surface area (Å²) in [5.74, 6) is -0.261. The van der Waals surface area contributed by atoms with Crippen LogP contribution in [-0.4, -0.2) is 11.1 Å². The Morgan fingerprint density at radius 3 is 2.57 bits per heavy atom. The van der Waals surface area contributed by atoms with E-state index in [2.05, 4.69) is 0 Å². The monoisotopic (exact) mass is 302 g/mol. The van der Waals surface area contributed by atoms with E-state index in [0.717, 1.165) is 22.8 Å². The lowest BCUT2D eigenvalue weighted by Crippen LogP contribution is -1.96. The molecule has 1 N–H and O–H groups in total. The lowest BCUT2D eigenvalue weighted by atomic mass is 10.1. The van der Waals surface area contributed by atoms with Crippen molar-refractivity contribution in [2.75, 3.05) is 0 Å². The first-order valence-corrected chi connectivity index (χ1v) is 6.81. The highest BCUT2D eigenvalue weighted by Gasteiger charge is 2.02. The van der Waals surface area contributed by atoms with Crippen LogP contribution in [0.1, 0.15) is 16.7 Å². The number of aliphatic carboxylic acids is 1. The van der Waals surface area contributed by atoms with Gasteiger partial charge in [0.1, 0.15) is 12.4 Å². The predicted molar refractivity (Wildman–Crippen MR) is 83.6 cm³/mol. The molecule has 2 aromatic rings. The van der Waals surface area contributed by atoms with E-state index >= 15 is 0 Å². The molecule has 0 heterocycles. The van der Waals surface area contributed by atoms with Crippen molar-refractivity contribution >= 4 is 23.6 Å². The Labute approximate surface area is 128 Å². The summed E-state index contributed by atoms with van der Waals surface area (Å²) in [4.78, 5) is 10.4. The number of hydrogen-bond acceptors (Lipinski definition) is 2. The van der Waals surface area contributed by atoms with Crippen molar-refractivity contribution in [2.24, 2.45) is 0 Å². The van der Waals surface area contributed by atoms with Crippen molar-refractivity contribution in [2.45, 2.75) is 13.5 Å². The molecule has 0 spiro atoms. The van der Waals surface area contributed by atoms with Gasteiger partial charge in [-0.15, -0.1) is 0 Å². The molecule has 4 heteroatoms. The number of hydrogen-bond donors (Lipinski definition) is 1. The average molecular weight is 303 g/mol. The van der Waals surface area contributed by atoms with Gasteiger partial charge >= 0.3 is 5.97 Å². The van der Waals surface area contributed by atoms with Crippen molar-refractivity contribution in [3.05, 3.63) is 70.3 Å². The van der Waals surface area contributed by atoms with Crippen LogP contribution in [0.25, 0.3) is 6.08 Å². The van der Waals surface area contributed by atoms with Crippen molar-refractivity contribution < 1.29 is 14.6 Å². The lowest BCUT2D eigenvalue weighted by Gasteiger charge is -2.08. The minimum atomic E-state index is -0.968. The minimum absolute atomic E-state index is 0.392. The average Bonchev–Trinajstić information content (AvgIpc) is 2.45. The third-order valence-corrected chi connectivity index (χ3v) is 3.25. The van der Waals surface area contributed by atoms with Crippen LogP contribution in [0.4, 0.5) is 0 Å². The molecule has 2 aromatic carbocycles. The standard InChI is InChI=1S/C17H15ClO3/c1-12-2-6-14(16(18)10-12)11-21-15-7-3-13(4-8-15)5-9-17(19)20/h2-10H,11H2,1H3,(H,19,20)/b9-5+. The zero-order chi connectivity index (χ0) is 15.2. The Balaban J connectivity index is 1.99. The van der Waals surface area contributed by atoms with Crippen LogP contribution < -0.4 is 4.74 Å². The Hall–Kier alpha value is -2.26. The van der Waals surface area contributed by atoms with E-state index < -0.39 is 5.97 Å². The molecule has 0 amide bonds. The zero-order valence-corrected chi connectivity index (χ0v) is 12.3. The summed E-state index contributed by atoms with van der Waals surface area (Å²) in [5.41, 5.74) is 2.84. The first kappa shape index (κ1) is 15.1. The van der Waals surface area contributed by atoms with Gasteiger partial charge in [-0.1, -0.05) is 35.9 Å².